The Balaban J connectivity index is 1.36. The summed E-state index contributed by atoms with van der Waals surface area (Å²) in [7, 11) is 2.20. The summed E-state index contributed by atoms with van der Waals surface area (Å²) in [4.78, 5) is 0. The van der Waals surface area contributed by atoms with Gasteiger partial charge in [0.15, 0.2) is 5.71 Å². The number of rotatable bonds is 7. The highest BCUT2D eigenvalue weighted by Gasteiger charge is 2.47. The summed E-state index contributed by atoms with van der Waals surface area (Å²) in [5.41, 5.74) is 8.71. The Labute approximate surface area is 231 Å². The molecule has 2 heteroatoms. The molecule has 1 N–H and O–H groups in total. The van der Waals surface area contributed by atoms with Crippen LogP contribution in [0.4, 0.5) is 11.4 Å². The molecular formula is C37H33N2+. The van der Waals surface area contributed by atoms with Crippen molar-refractivity contribution in [2.45, 2.75) is 18.8 Å². The summed E-state index contributed by atoms with van der Waals surface area (Å²) in [5, 5.41) is 5.96. The zero-order valence-corrected chi connectivity index (χ0v) is 22.5. The van der Waals surface area contributed by atoms with Crippen molar-refractivity contribution in [1.82, 2.24) is 0 Å². The molecule has 190 valence electrons. The molecule has 0 radical (unpaired) electrons. The summed E-state index contributed by atoms with van der Waals surface area (Å²) in [6, 6.07) is 43.2. The van der Waals surface area contributed by atoms with Crippen molar-refractivity contribution >= 4 is 27.9 Å². The maximum Gasteiger partial charge on any atom is 0.210 e. The number of hydrogen-bond donors (Lipinski definition) is 1. The Hall–Kier alpha value is -4.69. The highest BCUT2D eigenvalue weighted by Crippen LogP contribution is 2.45. The van der Waals surface area contributed by atoms with Crippen LogP contribution in [0.5, 0.6) is 0 Å². The number of nitrogens with one attached hydrogen (secondary N) is 1. The van der Waals surface area contributed by atoms with Gasteiger partial charge in [-0.05, 0) is 65.1 Å². The molecule has 0 fully saturated rings. The molecule has 5 aromatic rings. The van der Waals surface area contributed by atoms with Crippen LogP contribution in [0.2, 0.25) is 0 Å². The first kappa shape index (κ1) is 24.6. The Morgan fingerprint density at radius 1 is 0.692 bits per heavy atom. The highest BCUT2D eigenvalue weighted by molar-refractivity contribution is 6.08. The van der Waals surface area contributed by atoms with Gasteiger partial charge in [-0.15, -0.1) is 0 Å². The van der Waals surface area contributed by atoms with Gasteiger partial charge in [-0.2, -0.15) is 4.58 Å². The Morgan fingerprint density at radius 2 is 1.36 bits per heavy atom. The minimum atomic E-state index is -0.184. The van der Waals surface area contributed by atoms with Gasteiger partial charge in [-0.1, -0.05) is 103 Å². The molecule has 0 aliphatic carbocycles. The first-order valence-corrected chi connectivity index (χ1v) is 13.6. The van der Waals surface area contributed by atoms with Crippen LogP contribution in [0, 0.1) is 0 Å². The maximum absolute atomic E-state index is 3.35. The molecule has 39 heavy (non-hydrogen) atoms. The summed E-state index contributed by atoms with van der Waals surface area (Å²) in [6.45, 7) is 2.40. The van der Waals surface area contributed by atoms with Gasteiger partial charge < -0.3 is 5.32 Å². The molecule has 0 aromatic heterocycles. The smallest absolute Gasteiger partial charge is 0.210 e. The van der Waals surface area contributed by atoms with Crippen molar-refractivity contribution in [3.05, 3.63) is 157 Å². The van der Waals surface area contributed by atoms with Crippen LogP contribution in [-0.4, -0.2) is 17.3 Å². The number of anilines is 1. The quantitative estimate of drug-likeness (QED) is 0.172. The van der Waals surface area contributed by atoms with E-state index in [1.807, 2.05) is 24.4 Å². The zero-order chi connectivity index (χ0) is 26.7. The van der Waals surface area contributed by atoms with Crippen LogP contribution in [-0.2, 0) is 11.8 Å². The van der Waals surface area contributed by atoms with Crippen molar-refractivity contribution < 1.29 is 4.58 Å². The Bertz CT molecular complexity index is 1690. The lowest BCUT2D eigenvalue weighted by Gasteiger charge is -2.24. The van der Waals surface area contributed by atoms with E-state index in [1.165, 1.54) is 44.4 Å². The van der Waals surface area contributed by atoms with E-state index in [0.717, 1.165) is 12.1 Å². The lowest BCUT2D eigenvalue weighted by molar-refractivity contribution is -0.401. The number of fused-ring (bicyclic) bond motifs is 3. The predicted octanol–water partition coefficient (Wildman–Crippen LogP) is 8.92. The second-order valence-electron chi connectivity index (χ2n) is 10.4. The predicted molar refractivity (Wildman–Crippen MR) is 166 cm³/mol. The third kappa shape index (κ3) is 4.82. The van der Waals surface area contributed by atoms with Crippen molar-refractivity contribution in [1.29, 1.82) is 0 Å². The van der Waals surface area contributed by atoms with E-state index in [4.69, 9.17) is 0 Å². The van der Waals surface area contributed by atoms with Gasteiger partial charge in [-0.3, -0.25) is 0 Å². The molecule has 6 rings (SSSR count). The second-order valence-corrected chi connectivity index (χ2v) is 10.4. The fourth-order valence-corrected chi connectivity index (χ4v) is 5.96. The van der Waals surface area contributed by atoms with Gasteiger partial charge >= 0.3 is 0 Å². The third-order valence-electron chi connectivity index (χ3n) is 7.85. The van der Waals surface area contributed by atoms with E-state index in [2.05, 4.69) is 145 Å². The fraction of sp³-hybridized carbons (Fsp3) is 0.108. The average Bonchev–Trinajstić information content (AvgIpc) is 3.20. The molecule has 0 bridgehead atoms. The summed E-state index contributed by atoms with van der Waals surface area (Å²) in [5.74, 6) is 0. The lowest BCUT2D eigenvalue weighted by atomic mass is 9.73. The van der Waals surface area contributed by atoms with E-state index in [1.54, 1.807) is 0 Å². The van der Waals surface area contributed by atoms with E-state index >= 15 is 0 Å². The molecule has 0 saturated heterocycles. The molecule has 5 aromatic carbocycles. The number of benzene rings is 5. The SMILES string of the molecule is C[N+]1=C(/C=C/C=C/Nc2ccccc2)C(C)(Cc2ccc(-c3ccccc3)cc2)c2c1ccc1ccccc21. The molecule has 1 aliphatic rings. The first-order chi connectivity index (χ1) is 19.1. The number of allylic oxidation sites excluding steroid dienone is 3. The standard InChI is InChI=1S/C37H32N2/c1-37(27-28-20-22-30(23-21-28)29-13-5-3-6-14-29)35(19-11-12-26-38-32-16-7-4-8-17-32)39(2)34-25-24-31-15-9-10-18-33(31)36(34)37/h3-26H,27H2,1-2H3/p+1. The summed E-state index contributed by atoms with van der Waals surface area (Å²) in [6.07, 6.45) is 9.40. The number of para-hydroxylation sites is 1. The normalized spacial score (nSPS) is 16.9. The van der Waals surface area contributed by atoms with Crippen molar-refractivity contribution in [3.63, 3.8) is 0 Å². The van der Waals surface area contributed by atoms with E-state index in [0.29, 0.717) is 0 Å². The molecule has 0 spiro atoms. The van der Waals surface area contributed by atoms with Gasteiger partial charge in [0.2, 0.25) is 5.69 Å². The summed E-state index contributed by atoms with van der Waals surface area (Å²) < 4.78 is 2.37. The lowest BCUT2D eigenvalue weighted by Crippen LogP contribution is -2.33. The minimum Gasteiger partial charge on any atom is -0.362 e. The van der Waals surface area contributed by atoms with Crippen molar-refractivity contribution in [2.75, 3.05) is 12.4 Å². The van der Waals surface area contributed by atoms with Crippen LogP contribution in [0.3, 0.4) is 0 Å². The van der Waals surface area contributed by atoms with Gasteiger partial charge in [0.1, 0.15) is 7.05 Å². The largest absolute Gasteiger partial charge is 0.362 e. The van der Waals surface area contributed by atoms with E-state index in [9.17, 15) is 0 Å². The molecule has 0 saturated carbocycles. The maximum atomic E-state index is 3.35. The van der Waals surface area contributed by atoms with Gasteiger partial charge in [-0.25, -0.2) is 0 Å². The van der Waals surface area contributed by atoms with Crippen molar-refractivity contribution in [2.24, 2.45) is 0 Å². The second kappa shape index (κ2) is 10.6. The number of nitrogens with zero attached hydrogens (tertiary/aromatic N) is 1. The molecule has 0 amide bonds. The monoisotopic (exact) mass is 505 g/mol. The van der Waals surface area contributed by atoms with E-state index in [-0.39, 0.29) is 5.41 Å². The minimum absolute atomic E-state index is 0.184. The molecule has 1 unspecified atom stereocenters. The summed E-state index contributed by atoms with van der Waals surface area (Å²) >= 11 is 0. The topological polar surface area (TPSA) is 15.0 Å². The van der Waals surface area contributed by atoms with Gasteiger partial charge in [0, 0.05) is 29.6 Å². The molecule has 1 atom stereocenters. The molecule has 1 heterocycles. The molecule has 2 nitrogen and oxygen atoms in total. The van der Waals surface area contributed by atoms with Gasteiger partial charge in [0.25, 0.3) is 0 Å². The third-order valence-corrected chi connectivity index (χ3v) is 7.85. The average molecular weight is 506 g/mol. The first-order valence-electron chi connectivity index (χ1n) is 13.6. The van der Waals surface area contributed by atoms with Crippen LogP contribution < -0.4 is 5.32 Å². The van der Waals surface area contributed by atoms with Gasteiger partial charge in [0.05, 0.1) is 5.41 Å². The zero-order valence-electron chi connectivity index (χ0n) is 22.5. The van der Waals surface area contributed by atoms with Crippen LogP contribution in [0.25, 0.3) is 21.9 Å². The number of hydrogen-bond acceptors (Lipinski definition) is 1. The molecule has 1 aliphatic heterocycles. The Kier molecular flexibility index (Phi) is 6.69. The Morgan fingerprint density at radius 3 is 2.13 bits per heavy atom. The fourth-order valence-electron chi connectivity index (χ4n) is 5.96. The van der Waals surface area contributed by atoms with E-state index < -0.39 is 0 Å². The van der Waals surface area contributed by atoms with Crippen molar-refractivity contribution in [3.8, 4) is 11.1 Å². The molecular weight excluding hydrogens is 472 g/mol. The highest BCUT2D eigenvalue weighted by atomic mass is 15.0. The van der Waals surface area contributed by atoms with Crippen LogP contribution in [0.15, 0.2) is 146 Å². The van der Waals surface area contributed by atoms with Crippen LogP contribution in [0.1, 0.15) is 18.1 Å². The van der Waals surface area contributed by atoms with Crippen LogP contribution >= 0.6 is 0 Å².